The van der Waals surface area contributed by atoms with Crippen molar-refractivity contribution in [3.05, 3.63) is 59.9 Å². The zero-order valence-corrected chi connectivity index (χ0v) is 17.3. The first-order valence-electron chi connectivity index (χ1n) is 9.72. The molecule has 2 heterocycles. The van der Waals surface area contributed by atoms with Crippen LogP contribution in [0.3, 0.4) is 0 Å². The third-order valence-electron chi connectivity index (χ3n) is 5.16. The van der Waals surface area contributed by atoms with Gasteiger partial charge < -0.3 is 10.6 Å². The van der Waals surface area contributed by atoms with Crippen molar-refractivity contribution in [2.75, 3.05) is 11.6 Å². The predicted octanol–water partition coefficient (Wildman–Crippen LogP) is 2.66. The summed E-state index contributed by atoms with van der Waals surface area (Å²) in [5.74, 6) is -0.658. The second-order valence-electron chi connectivity index (χ2n) is 7.46. The Balaban J connectivity index is 1.52. The maximum atomic E-state index is 12.8. The van der Waals surface area contributed by atoms with Crippen molar-refractivity contribution >= 4 is 32.9 Å². The minimum absolute atomic E-state index is 0.0130. The van der Waals surface area contributed by atoms with E-state index in [-0.39, 0.29) is 22.8 Å². The molecule has 2 amide bonds. The van der Waals surface area contributed by atoms with Crippen LogP contribution in [-0.4, -0.2) is 41.9 Å². The van der Waals surface area contributed by atoms with Crippen LogP contribution >= 0.6 is 0 Å². The van der Waals surface area contributed by atoms with Crippen LogP contribution < -0.4 is 10.6 Å². The molecule has 1 aliphatic rings. The van der Waals surface area contributed by atoms with Gasteiger partial charge in [-0.25, -0.2) is 13.4 Å². The van der Waals surface area contributed by atoms with Crippen LogP contribution in [0.1, 0.15) is 46.5 Å². The van der Waals surface area contributed by atoms with E-state index >= 15 is 0 Å². The molecule has 156 valence electrons. The van der Waals surface area contributed by atoms with E-state index in [1.165, 1.54) is 4.40 Å². The third-order valence-corrected chi connectivity index (χ3v) is 6.11. The minimum atomic E-state index is -3.61. The molecule has 0 aliphatic heterocycles. The average Bonchev–Trinajstić information content (AvgIpc) is 3.35. The van der Waals surface area contributed by atoms with Gasteiger partial charge in [0.25, 0.3) is 11.8 Å². The zero-order chi connectivity index (χ0) is 21.3. The number of carbonyl (C=O) groups excluding carboxylic acids is 2. The van der Waals surface area contributed by atoms with E-state index < -0.39 is 15.7 Å². The Bertz CT molecular complexity index is 1210. The molecule has 9 heteroatoms. The number of pyridine rings is 1. The molecule has 1 saturated carbocycles. The lowest BCUT2D eigenvalue weighted by molar-refractivity contribution is 0.0937. The Morgan fingerprint density at radius 3 is 2.40 bits per heavy atom. The number of fused-ring (bicyclic) bond motifs is 1. The van der Waals surface area contributed by atoms with Crippen LogP contribution in [0.4, 0.5) is 5.69 Å². The van der Waals surface area contributed by atoms with Crippen LogP contribution in [0, 0.1) is 0 Å². The molecule has 0 atom stereocenters. The second-order valence-corrected chi connectivity index (χ2v) is 9.37. The van der Waals surface area contributed by atoms with Crippen molar-refractivity contribution in [2.24, 2.45) is 0 Å². The first-order valence-corrected chi connectivity index (χ1v) is 11.6. The molecule has 0 spiro atoms. The molecule has 2 N–H and O–H groups in total. The van der Waals surface area contributed by atoms with E-state index in [2.05, 4.69) is 15.6 Å². The fourth-order valence-electron chi connectivity index (χ4n) is 3.67. The van der Waals surface area contributed by atoms with Crippen LogP contribution in [0.25, 0.3) is 5.52 Å². The molecule has 0 unspecified atom stereocenters. The molecule has 8 nitrogen and oxygen atoms in total. The quantitative estimate of drug-likeness (QED) is 0.652. The topological polar surface area (TPSA) is 110 Å². The Morgan fingerprint density at radius 2 is 1.73 bits per heavy atom. The molecule has 0 bridgehead atoms. The van der Waals surface area contributed by atoms with E-state index in [9.17, 15) is 18.0 Å². The van der Waals surface area contributed by atoms with E-state index in [0.717, 1.165) is 31.9 Å². The molecular weight excluding hydrogens is 404 g/mol. The smallest absolute Gasteiger partial charge is 0.276 e. The Morgan fingerprint density at radius 1 is 1.03 bits per heavy atom. The number of imidazole rings is 1. The molecule has 4 rings (SSSR count). The SMILES string of the molecule is CS(=O)(=O)c1nc(C(=O)Nc2ccc(C(=O)NC3CCCC3)cc2)c2ccccn12. The fraction of sp³-hybridized carbons (Fsp3) is 0.286. The van der Waals surface area contributed by atoms with Crippen LogP contribution in [0.15, 0.2) is 53.8 Å². The maximum absolute atomic E-state index is 12.8. The molecule has 1 fully saturated rings. The highest BCUT2D eigenvalue weighted by atomic mass is 32.2. The lowest BCUT2D eigenvalue weighted by Crippen LogP contribution is -2.32. The number of hydrogen-bond acceptors (Lipinski definition) is 5. The normalized spacial score (nSPS) is 14.7. The number of rotatable bonds is 5. The van der Waals surface area contributed by atoms with Crippen molar-refractivity contribution < 1.29 is 18.0 Å². The maximum Gasteiger partial charge on any atom is 0.276 e. The van der Waals surface area contributed by atoms with Crippen molar-refractivity contribution in [1.82, 2.24) is 14.7 Å². The summed E-state index contributed by atoms with van der Waals surface area (Å²) in [5, 5.41) is 5.54. The lowest BCUT2D eigenvalue weighted by atomic mass is 10.1. The summed E-state index contributed by atoms with van der Waals surface area (Å²) in [6.45, 7) is 0. The molecule has 1 aromatic carbocycles. The van der Waals surface area contributed by atoms with Gasteiger partial charge in [-0.3, -0.25) is 14.0 Å². The summed E-state index contributed by atoms with van der Waals surface area (Å²) in [4.78, 5) is 29.1. The van der Waals surface area contributed by atoms with Crippen LogP contribution in [0.2, 0.25) is 0 Å². The van der Waals surface area contributed by atoms with E-state index in [1.807, 2.05) is 0 Å². The Hall–Kier alpha value is -3.20. The van der Waals surface area contributed by atoms with E-state index in [4.69, 9.17) is 0 Å². The fourth-order valence-corrected chi connectivity index (χ4v) is 4.45. The molecule has 3 aromatic rings. The van der Waals surface area contributed by atoms with Gasteiger partial charge in [-0.15, -0.1) is 0 Å². The van der Waals surface area contributed by atoms with Gasteiger partial charge in [0.05, 0.1) is 5.52 Å². The number of hydrogen-bond donors (Lipinski definition) is 2. The number of nitrogens with one attached hydrogen (secondary N) is 2. The van der Waals surface area contributed by atoms with Crippen molar-refractivity contribution in [3.8, 4) is 0 Å². The average molecular weight is 426 g/mol. The van der Waals surface area contributed by atoms with Gasteiger partial charge >= 0.3 is 0 Å². The van der Waals surface area contributed by atoms with Crippen molar-refractivity contribution in [2.45, 2.75) is 36.9 Å². The second kappa shape index (κ2) is 7.91. The van der Waals surface area contributed by atoms with Crippen molar-refractivity contribution in [3.63, 3.8) is 0 Å². The van der Waals surface area contributed by atoms with Gasteiger partial charge in [0, 0.05) is 29.7 Å². The number of nitrogens with zero attached hydrogens (tertiary/aromatic N) is 2. The number of aromatic nitrogens is 2. The molecule has 2 aromatic heterocycles. The molecule has 1 aliphatic carbocycles. The van der Waals surface area contributed by atoms with Gasteiger partial charge in [0.15, 0.2) is 5.69 Å². The standard InChI is InChI=1S/C21H22N4O4S/c1-30(28,29)21-24-18(17-8-4-5-13-25(17)21)20(27)23-16-11-9-14(10-12-16)19(26)22-15-6-2-3-7-15/h4-5,8-13,15H,2-3,6-7H2,1H3,(H,22,26)(H,23,27). The Kier molecular flexibility index (Phi) is 5.29. The highest BCUT2D eigenvalue weighted by Crippen LogP contribution is 2.20. The molecule has 30 heavy (non-hydrogen) atoms. The van der Waals surface area contributed by atoms with E-state index in [1.54, 1.807) is 48.7 Å². The van der Waals surface area contributed by atoms with Crippen LogP contribution in [-0.2, 0) is 9.84 Å². The van der Waals surface area contributed by atoms with Crippen LogP contribution in [0.5, 0.6) is 0 Å². The summed E-state index contributed by atoms with van der Waals surface area (Å²) >= 11 is 0. The third kappa shape index (κ3) is 4.06. The summed E-state index contributed by atoms with van der Waals surface area (Å²) in [5.41, 5.74) is 1.41. The highest BCUT2D eigenvalue weighted by molar-refractivity contribution is 7.90. The first-order chi connectivity index (χ1) is 14.3. The van der Waals surface area contributed by atoms with Crippen molar-refractivity contribution in [1.29, 1.82) is 0 Å². The monoisotopic (exact) mass is 426 g/mol. The molecule has 0 radical (unpaired) electrons. The lowest BCUT2D eigenvalue weighted by Gasteiger charge is -2.12. The molecular formula is C21H22N4O4S. The van der Waals surface area contributed by atoms with Gasteiger partial charge in [0.1, 0.15) is 0 Å². The number of anilines is 1. The molecule has 0 saturated heterocycles. The van der Waals surface area contributed by atoms with Gasteiger partial charge in [-0.2, -0.15) is 0 Å². The first kappa shape index (κ1) is 20.1. The van der Waals surface area contributed by atoms with Gasteiger partial charge in [-0.1, -0.05) is 18.9 Å². The zero-order valence-electron chi connectivity index (χ0n) is 16.5. The van der Waals surface area contributed by atoms with Gasteiger partial charge in [0.2, 0.25) is 15.0 Å². The summed E-state index contributed by atoms with van der Waals surface area (Å²) < 4.78 is 25.4. The van der Waals surface area contributed by atoms with Gasteiger partial charge in [-0.05, 0) is 49.2 Å². The number of amides is 2. The number of carbonyl (C=O) groups is 2. The number of sulfone groups is 1. The summed E-state index contributed by atoms with van der Waals surface area (Å²) in [7, 11) is -3.61. The predicted molar refractivity (Wildman–Crippen MR) is 112 cm³/mol. The Labute approximate surface area is 174 Å². The largest absolute Gasteiger partial charge is 0.349 e. The summed E-state index contributed by atoms with van der Waals surface area (Å²) in [6.07, 6.45) is 6.89. The number of benzene rings is 1. The summed E-state index contributed by atoms with van der Waals surface area (Å²) in [6, 6.07) is 11.8. The van der Waals surface area contributed by atoms with E-state index in [0.29, 0.717) is 16.8 Å². The minimum Gasteiger partial charge on any atom is -0.349 e. The highest BCUT2D eigenvalue weighted by Gasteiger charge is 2.23.